The molecule has 1 N–H and O–H groups in total. The van der Waals surface area contributed by atoms with Gasteiger partial charge in [0.2, 0.25) is 0 Å². The lowest BCUT2D eigenvalue weighted by atomic mass is 10.2. The van der Waals surface area contributed by atoms with Gasteiger partial charge in [0.25, 0.3) is 0 Å². The van der Waals surface area contributed by atoms with E-state index in [0.29, 0.717) is 0 Å². The zero-order valence-electron chi connectivity index (χ0n) is 12.1. The van der Waals surface area contributed by atoms with Gasteiger partial charge in [0.1, 0.15) is 5.82 Å². The second kappa shape index (κ2) is 6.69. The molecule has 0 fully saturated rings. The Kier molecular flexibility index (Phi) is 4.66. The lowest BCUT2D eigenvalue weighted by Crippen LogP contribution is -1.93. The van der Waals surface area contributed by atoms with Crippen LogP contribution in [0.4, 0.5) is 10.9 Å². The molecule has 0 bridgehead atoms. The summed E-state index contributed by atoms with van der Waals surface area (Å²) in [7, 11) is 0. The third-order valence-electron chi connectivity index (χ3n) is 2.97. The smallest absolute Gasteiger partial charge is 0.188 e. The van der Waals surface area contributed by atoms with Crippen molar-refractivity contribution in [1.29, 1.82) is 0 Å². The Labute approximate surface area is 142 Å². The van der Waals surface area contributed by atoms with Gasteiger partial charge in [0, 0.05) is 21.4 Å². The van der Waals surface area contributed by atoms with Crippen LogP contribution in [0.15, 0.2) is 51.7 Å². The topological polar surface area (TPSA) is 37.8 Å². The molecule has 0 saturated carbocycles. The number of nitrogens with zero attached hydrogens (tertiary/aromatic N) is 2. The fraction of sp³-hybridized carbons (Fsp3) is 0.125. The summed E-state index contributed by atoms with van der Waals surface area (Å²) in [5.41, 5.74) is 2.17. The predicted molar refractivity (Wildman–Crippen MR) is 94.7 cm³/mol. The van der Waals surface area contributed by atoms with Gasteiger partial charge in [-0.2, -0.15) is 0 Å². The molecule has 22 heavy (non-hydrogen) atoms. The first-order valence-electron chi connectivity index (χ1n) is 6.70. The second-order valence-electron chi connectivity index (χ2n) is 4.78. The number of aryl methyl sites for hydroxylation is 2. The van der Waals surface area contributed by atoms with Crippen molar-refractivity contribution in [3.05, 3.63) is 58.2 Å². The Bertz CT molecular complexity index is 781. The highest BCUT2D eigenvalue weighted by molar-refractivity contribution is 7.99. The SMILES string of the molecule is Cc1csc(Nc2cc(Sc3c(C)cccc3Cl)ccn2)n1. The van der Waals surface area contributed by atoms with Crippen molar-refractivity contribution in [3.8, 4) is 0 Å². The van der Waals surface area contributed by atoms with Gasteiger partial charge in [-0.3, -0.25) is 0 Å². The molecule has 0 spiro atoms. The Morgan fingerprint density at radius 3 is 2.82 bits per heavy atom. The van der Waals surface area contributed by atoms with E-state index < -0.39 is 0 Å². The van der Waals surface area contributed by atoms with Crippen LogP contribution in [0.3, 0.4) is 0 Å². The standard InChI is InChI=1S/C16H14ClN3S2/c1-10-4-3-5-13(17)15(10)22-12-6-7-18-14(8-12)20-16-19-11(2)9-21-16/h3-9H,1-2H3,(H,18,19,20). The van der Waals surface area contributed by atoms with Gasteiger partial charge in [0.15, 0.2) is 5.13 Å². The Morgan fingerprint density at radius 2 is 2.09 bits per heavy atom. The summed E-state index contributed by atoms with van der Waals surface area (Å²) in [6, 6.07) is 9.92. The maximum Gasteiger partial charge on any atom is 0.188 e. The summed E-state index contributed by atoms with van der Waals surface area (Å²) in [6.07, 6.45) is 1.79. The van der Waals surface area contributed by atoms with Crippen LogP contribution in [0, 0.1) is 13.8 Å². The number of anilines is 2. The van der Waals surface area contributed by atoms with Crippen molar-refractivity contribution in [2.75, 3.05) is 5.32 Å². The molecular weight excluding hydrogens is 334 g/mol. The van der Waals surface area contributed by atoms with Crippen molar-refractivity contribution >= 4 is 45.6 Å². The molecule has 112 valence electrons. The summed E-state index contributed by atoms with van der Waals surface area (Å²) < 4.78 is 0. The number of hydrogen-bond donors (Lipinski definition) is 1. The summed E-state index contributed by atoms with van der Waals surface area (Å²) in [6.45, 7) is 4.04. The van der Waals surface area contributed by atoms with Gasteiger partial charge in [-0.15, -0.1) is 11.3 Å². The summed E-state index contributed by atoms with van der Waals surface area (Å²) in [5, 5.41) is 6.86. The van der Waals surface area contributed by atoms with Crippen LogP contribution in [0.2, 0.25) is 5.02 Å². The highest BCUT2D eigenvalue weighted by atomic mass is 35.5. The van der Waals surface area contributed by atoms with Crippen LogP contribution in [-0.4, -0.2) is 9.97 Å². The Morgan fingerprint density at radius 1 is 1.23 bits per heavy atom. The normalized spacial score (nSPS) is 10.7. The average molecular weight is 348 g/mol. The summed E-state index contributed by atoms with van der Waals surface area (Å²) in [4.78, 5) is 10.9. The molecule has 3 aromatic rings. The third kappa shape index (κ3) is 3.61. The molecule has 0 amide bonds. The summed E-state index contributed by atoms with van der Waals surface area (Å²) >= 11 is 9.50. The zero-order valence-corrected chi connectivity index (χ0v) is 14.5. The fourth-order valence-corrected chi connectivity index (χ4v) is 3.89. The minimum atomic E-state index is 0.770. The lowest BCUT2D eigenvalue weighted by Gasteiger charge is -2.09. The maximum absolute atomic E-state index is 6.29. The van der Waals surface area contributed by atoms with Crippen LogP contribution in [-0.2, 0) is 0 Å². The molecule has 1 aromatic carbocycles. The second-order valence-corrected chi connectivity index (χ2v) is 7.13. The Balaban J connectivity index is 1.82. The van der Waals surface area contributed by atoms with Crippen molar-refractivity contribution in [3.63, 3.8) is 0 Å². The fourth-order valence-electron chi connectivity index (χ4n) is 1.93. The first-order chi connectivity index (χ1) is 10.6. The van der Waals surface area contributed by atoms with Crippen molar-refractivity contribution in [1.82, 2.24) is 9.97 Å². The van der Waals surface area contributed by atoms with E-state index in [-0.39, 0.29) is 0 Å². The van der Waals surface area contributed by atoms with Gasteiger partial charge in [-0.25, -0.2) is 9.97 Å². The average Bonchev–Trinajstić information content (AvgIpc) is 2.89. The molecular formula is C16H14ClN3S2. The number of halogens is 1. The quantitative estimate of drug-likeness (QED) is 0.656. The van der Waals surface area contributed by atoms with E-state index in [2.05, 4.69) is 28.3 Å². The molecule has 0 aliphatic rings. The van der Waals surface area contributed by atoms with E-state index in [1.807, 2.05) is 36.6 Å². The van der Waals surface area contributed by atoms with E-state index in [4.69, 9.17) is 11.6 Å². The van der Waals surface area contributed by atoms with Crippen LogP contribution in [0.1, 0.15) is 11.3 Å². The van der Waals surface area contributed by atoms with Gasteiger partial charge >= 0.3 is 0 Å². The van der Waals surface area contributed by atoms with E-state index in [9.17, 15) is 0 Å². The molecule has 0 unspecified atom stereocenters. The highest BCUT2D eigenvalue weighted by Crippen LogP contribution is 2.36. The molecule has 0 atom stereocenters. The molecule has 0 saturated heterocycles. The molecule has 0 radical (unpaired) electrons. The van der Waals surface area contributed by atoms with Gasteiger partial charge in [0.05, 0.1) is 10.7 Å². The molecule has 3 rings (SSSR count). The molecule has 6 heteroatoms. The third-order valence-corrected chi connectivity index (χ3v) is 5.51. The monoisotopic (exact) mass is 347 g/mol. The molecule has 3 nitrogen and oxygen atoms in total. The van der Waals surface area contributed by atoms with E-state index in [0.717, 1.165) is 31.5 Å². The molecule has 0 aliphatic heterocycles. The molecule has 2 aromatic heterocycles. The van der Waals surface area contributed by atoms with Crippen LogP contribution in [0.25, 0.3) is 0 Å². The van der Waals surface area contributed by atoms with Gasteiger partial charge in [-0.05, 0) is 37.6 Å². The van der Waals surface area contributed by atoms with Gasteiger partial charge < -0.3 is 5.32 Å². The zero-order chi connectivity index (χ0) is 15.5. The number of pyridine rings is 1. The van der Waals surface area contributed by atoms with E-state index >= 15 is 0 Å². The van der Waals surface area contributed by atoms with Crippen molar-refractivity contribution in [2.45, 2.75) is 23.6 Å². The first kappa shape index (κ1) is 15.3. The van der Waals surface area contributed by atoms with Crippen LogP contribution >= 0.6 is 34.7 Å². The van der Waals surface area contributed by atoms with Crippen molar-refractivity contribution < 1.29 is 0 Å². The maximum atomic E-state index is 6.29. The largest absolute Gasteiger partial charge is 0.316 e. The minimum absolute atomic E-state index is 0.770. The van der Waals surface area contributed by atoms with Crippen LogP contribution < -0.4 is 5.32 Å². The number of nitrogens with one attached hydrogen (secondary N) is 1. The molecule has 0 aliphatic carbocycles. The first-order valence-corrected chi connectivity index (χ1v) is 8.77. The number of thiazole rings is 1. The summed E-state index contributed by atoms with van der Waals surface area (Å²) in [5.74, 6) is 0.782. The van der Waals surface area contributed by atoms with Crippen LogP contribution in [0.5, 0.6) is 0 Å². The predicted octanol–water partition coefficient (Wildman–Crippen LogP) is 5.70. The lowest BCUT2D eigenvalue weighted by molar-refractivity contribution is 1.21. The number of rotatable bonds is 4. The van der Waals surface area contributed by atoms with Gasteiger partial charge in [-0.1, -0.05) is 35.5 Å². The van der Waals surface area contributed by atoms with E-state index in [1.165, 1.54) is 5.56 Å². The number of benzene rings is 1. The van der Waals surface area contributed by atoms with Crippen molar-refractivity contribution in [2.24, 2.45) is 0 Å². The number of hydrogen-bond acceptors (Lipinski definition) is 5. The van der Waals surface area contributed by atoms with E-state index in [1.54, 1.807) is 29.3 Å². The highest BCUT2D eigenvalue weighted by Gasteiger charge is 2.07. The number of aromatic nitrogens is 2. The minimum Gasteiger partial charge on any atom is -0.316 e. The molecule has 2 heterocycles. The Hall–Kier alpha value is -1.56.